The predicted molar refractivity (Wildman–Crippen MR) is 67.0 cm³/mol. The van der Waals surface area contributed by atoms with Gasteiger partial charge in [-0.2, -0.15) is 4.68 Å². The van der Waals surface area contributed by atoms with Gasteiger partial charge in [-0.05, 0) is 17.8 Å². The highest BCUT2D eigenvalue weighted by molar-refractivity contribution is 7.89. The molecule has 1 saturated carbocycles. The molecule has 1 aliphatic carbocycles. The van der Waals surface area contributed by atoms with Crippen molar-refractivity contribution in [3.8, 4) is 0 Å². The van der Waals surface area contributed by atoms with E-state index in [0.717, 1.165) is 38.5 Å². The highest BCUT2D eigenvalue weighted by Crippen LogP contribution is 2.29. The Balaban J connectivity index is 2.39. The van der Waals surface area contributed by atoms with Crippen LogP contribution in [0.4, 0.5) is 5.82 Å². The largest absolute Gasteiger partial charge is 0.410 e. The summed E-state index contributed by atoms with van der Waals surface area (Å²) in [5.74, 6) is -0.688. The van der Waals surface area contributed by atoms with Crippen LogP contribution in [-0.4, -0.2) is 23.1 Å². The molecule has 19 heavy (non-hydrogen) atoms. The third-order valence-corrected chi connectivity index (χ3v) is 4.26. The molecule has 1 aliphatic rings. The van der Waals surface area contributed by atoms with E-state index in [1.165, 1.54) is 10.9 Å². The lowest BCUT2D eigenvalue weighted by Crippen LogP contribution is -2.13. The number of aromatic nitrogens is 2. The van der Waals surface area contributed by atoms with E-state index in [9.17, 15) is 18.5 Å². The van der Waals surface area contributed by atoms with Gasteiger partial charge < -0.3 is 10.1 Å². The Morgan fingerprint density at radius 3 is 2.32 bits per heavy atom. The summed E-state index contributed by atoms with van der Waals surface area (Å²) in [5.41, 5.74) is 0. The van der Waals surface area contributed by atoms with E-state index >= 15 is 0 Å². The van der Waals surface area contributed by atoms with Gasteiger partial charge in [0.25, 0.3) is 0 Å². The first kappa shape index (κ1) is 13.9. The third-order valence-electron chi connectivity index (χ3n) is 3.36. The summed E-state index contributed by atoms with van der Waals surface area (Å²) in [6, 6.07) is 0.0108. The van der Waals surface area contributed by atoms with Crippen molar-refractivity contribution in [3.63, 3.8) is 0 Å². The Bertz CT molecular complexity index is 572. The topological polar surface area (TPSA) is 121 Å². The van der Waals surface area contributed by atoms with Crippen molar-refractivity contribution >= 4 is 15.8 Å². The lowest BCUT2D eigenvalue weighted by molar-refractivity contribution is -0.392. The lowest BCUT2D eigenvalue weighted by atomic mass is 10.1. The van der Waals surface area contributed by atoms with Gasteiger partial charge in [0.2, 0.25) is 14.9 Å². The van der Waals surface area contributed by atoms with E-state index in [-0.39, 0.29) is 6.04 Å². The van der Waals surface area contributed by atoms with Crippen LogP contribution in [0.3, 0.4) is 0 Å². The minimum Gasteiger partial charge on any atom is -0.358 e. The van der Waals surface area contributed by atoms with Crippen molar-refractivity contribution in [2.75, 3.05) is 0 Å². The minimum absolute atomic E-state index is 0.0108. The quantitative estimate of drug-likeness (QED) is 0.511. The Morgan fingerprint density at radius 1 is 1.32 bits per heavy atom. The summed E-state index contributed by atoms with van der Waals surface area (Å²) in [4.78, 5) is 9.52. The monoisotopic (exact) mass is 288 g/mol. The molecule has 0 aromatic carbocycles. The molecule has 106 valence electrons. The van der Waals surface area contributed by atoms with Crippen LogP contribution in [0.1, 0.15) is 44.6 Å². The first-order chi connectivity index (χ1) is 8.89. The minimum atomic E-state index is -4.13. The van der Waals surface area contributed by atoms with Gasteiger partial charge in [-0.3, -0.25) is 0 Å². The Morgan fingerprint density at radius 2 is 1.89 bits per heavy atom. The fourth-order valence-corrected chi connectivity index (χ4v) is 3.03. The molecule has 1 aromatic heterocycles. The van der Waals surface area contributed by atoms with Crippen LogP contribution in [0.25, 0.3) is 0 Å². The van der Waals surface area contributed by atoms with Crippen molar-refractivity contribution in [1.29, 1.82) is 0 Å². The number of sulfonamides is 1. The third kappa shape index (κ3) is 3.10. The molecule has 1 heterocycles. The van der Waals surface area contributed by atoms with Gasteiger partial charge in [0.05, 0.1) is 17.3 Å². The summed E-state index contributed by atoms with van der Waals surface area (Å²) in [7, 11) is -4.13. The summed E-state index contributed by atoms with van der Waals surface area (Å²) in [6.45, 7) is 0. The second-order valence-electron chi connectivity index (χ2n) is 4.74. The van der Waals surface area contributed by atoms with Crippen molar-refractivity contribution in [2.45, 2.75) is 49.5 Å². The smallest absolute Gasteiger partial charge is 0.358 e. The SMILES string of the molecule is NS(=O)(=O)c1cn(C2CCCCCC2)nc1[N+](=O)[O-]. The summed E-state index contributed by atoms with van der Waals surface area (Å²) in [5, 5.41) is 19.6. The first-order valence-electron chi connectivity index (χ1n) is 6.16. The van der Waals surface area contributed by atoms with Crippen LogP contribution < -0.4 is 5.14 Å². The number of hydrogen-bond donors (Lipinski definition) is 1. The van der Waals surface area contributed by atoms with Crippen LogP contribution in [0.5, 0.6) is 0 Å². The standard InChI is InChI=1S/C10H16N4O4S/c11-19(17,18)9-7-13(12-10(9)14(15)16)8-5-3-1-2-4-6-8/h7-8H,1-6H2,(H2,11,17,18). The maximum absolute atomic E-state index is 11.3. The zero-order chi connectivity index (χ0) is 14.0. The molecule has 0 radical (unpaired) electrons. The van der Waals surface area contributed by atoms with Gasteiger partial charge in [-0.1, -0.05) is 25.7 Å². The van der Waals surface area contributed by atoms with Gasteiger partial charge in [-0.15, -0.1) is 0 Å². The van der Waals surface area contributed by atoms with Gasteiger partial charge >= 0.3 is 5.82 Å². The van der Waals surface area contributed by atoms with Gasteiger partial charge in [0.1, 0.15) is 0 Å². The zero-order valence-electron chi connectivity index (χ0n) is 10.4. The Labute approximate surface area is 110 Å². The molecule has 8 nitrogen and oxygen atoms in total. The number of rotatable bonds is 3. The first-order valence-corrected chi connectivity index (χ1v) is 7.70. The Hall–Kier alpha value is -1.48. The van der Waals surface area contributed by atoms with Crippen molar-refractivity contribution < 1.29 is 13.3 Å². The number of nitro groups is 1. The van der Waals surface area contributed by atoms with E-state index in [0.29, 0.717) is 0 Å². The second kappa shape index (κ2) is 5.25. The second-order valence-corrected chi connectivity index (χ2v) is 6.27. The fourth-order valence-electron chi connectivity index (χ4n) is 2.40. The molecule has 0 atom stereocenters. The summed E-state index contributed by atoms with van der Waals surface area (Å²) < 4.78 is 24.1. The number of primary sulfonamides is 1. The molecule has 9 heteroatoms. The average molecular weight is 288 g/mol. The van der Waals surface area contributed by atoms with Crippen LogP contribution in [0.15, 0.2) is 11.1 Å². The van der Waals surface area contributed by atoms with E-state index in [1.54, 1.807) is 0 Å². The van der Waals surface area contributed by atoms with Gasteiger partial charge in [0, 0.05) is 0 Å². The molecule has 0 spiro atoms. The fraction of sp³-hybridized carbons (Fsp3) is 0.700. The van der Waals surface area contributed by atoms with Gasteiger partial charge in [0.15, 0.2) is 0 Å². The highest BCUT2D eigenvalue weighted by Gasteiger charge is 2.31. The van der Waals surface area contributed by atoms with Crippen LogP contribution in [0, 0.1) is 10.1 Å². The van der Waals surface area contributed by atoms with E-state index in [4.69, 9.17) is 5.14 Å². The van der Waals surface area contributed by atoms with Crippen LogP contribution in [0.2, 0.25) is 0 Å². The molecule has 0 unspecified atom stereocenters. The highest BCUT2D eigenvalue weighted by atomic mass is 32.2. The van der Waals surface area contributed by atoms with E-state index in [1.807, 2.05) is 0 Å². The molecule has 0 amide bonds. The maximum Gasteiger partial charge on any atom is 0.410 e. The molecule has 0 saturated heterocycles. The van der Waals surface area contributed by atoms with Crippen molar-refractivity contribution in [1.82, 2.24) is 9.78 Å². The Kier molecular flexibility index (Phi) is 3.85. The van der Waals surface area contributed by atoms with Crippen molar-refractivity contribution in [2.24, 2.45) is 5.14 Å². The molecule has 0 aliphatic heterocycles. The van der Waals surface area contributed by atoms with Crippen molar-refractivity contribution in [3.05, 3.63) is 16.3 Å². The predicted octanol–water partition coefficient (Wildman–Crippen LogP) is 1.33. The lowest BCUT2D eigenvalue weighted by Gasteiger charge is -2.10. The van der Waals surface area contributed by atoms with Crippen LogP contribution >= 0.6 is 0 Å². The molecule has 0 bridgehead atoms. The van der Waals surface area contributed by atoms with E-state index in [2.05, 4.69) is 5.10 Å². The normalized spacial score (nSPS) is 18.2. The average Bonchev–Trinajstić information content (AvgIpc) is 2.60. The number of hydrogen-bond acceptors (Lipinski definition) is 5. The summed E-state index contributed by atoms with van der Waals surface area (Å²) >= 11 is 0. The van der Waals surface area contributed by atoms with E-state index < -0.39 is 25.7 Å². The molecule has 1 aromatic rings. The molecule has 1 fully saturated rings. The summed E-state index contributed by atoms with van der Waals surface area (Å²) in [6.07, 6.45) is 7.17. The number of nitrogens with two attached hydrogens (primary N) is 1. The van der Waals surface area contributed by atoms with Gasteiger partial charge in [-0.25, -0.2) is 13.6 Å². The number of nitrogens with zero attached hydrogens (tertiary/aromatic N) is 3. The molecular weight excluding hydrogens is 272 g/mol. The molecule has 2 rings (SSSR count). The zero-order valence-corrected chi connectivity index (χ0v) is 11.2. The van der Waals surface area contributed by atoms with Crippen LogP contribution in [-0.2, 0) is 10.0 Å². The maximum atomic E-state index is 11.3. The molecular formula is C10H16N4O4S. The molecule has 2 N–H and O–H groups in total.